The molecular weight excluding hydrogens is 254 g/mol. The van der Waals surface area contributed by atoms with Crippen LogP contribution in [0.5, 0.6) is 0 Å². The first-order valence-electron chi connectivity index (χ1n) is 6.59. The van der Waals surface area contributed by atoms with Crippen molar-refractivity contribution >= 4 is 12.2 Å². The highest BCUT2D eigenvalue weighted by atomic mass is 32.1. The molecule has 1 aromatic carbocycles. The van der Waals surface area contributed by atoms with Gasteiger partial charge < -0.3 is 10.3 Å². The van der Waals surface area contributed by atoms with Crippen LogP contribution >= 0.6 is 12.2 Å². The zero-order chi connectivity index (χ0) is 13.2. The van der Waals surface area contributed by atoms with Crippen LogP contribution in [-0.2, 0) is 19.4 Å². The van der Waals surface area contributed by atoms with Crippen LogP contribution in [0.25, 0.3) is 0 Å². The van der Waals surface area contributed by atoms with Crippen molar-refractivity contribution in [2.75, 3.05) is 6.54 Å². The average molecular weight is 271 g/mol. The summed E-state index contributed by atoms with van der Waals surface area (Å²) in [5, 5.41) is 3.33. The molecule has 0 amide bonds. The van der Waals surface area contributed by atoms with Crippen molar-refractivity contribution in [2.24, 2.45) is 0 Å². The molecule has 0 bridgehead atoms. The fourth-order valence-corrected chi connectivity index (χ4v) is 2.71. The molecule has 0 saturated carbocycles. The lowest BCUT2D eigenvalue weighted by Crippen LogP contribution is -2.26. The Morgan fingerprint density at radius 1 is 1.26 bits per heavy atom. The van der Waals surface area contributed by atoms with Gasteiger partial charge in [-0.15, -0.1) is 0 Å². The zero-order valence-electron chi connectivity index (χ0n) is 11.0. The minimum atomic E-state index is 0.739. The predicted octanol–water partition coefficient (Wildman–Crippen LogP) is 2.68. The van der Waals surface area contributed by atoms with Gasteiger partial charge >= 0.3 is 0 Å². The first-order valence-corrected chi connectivity index (χ1v) is 7.00. The Morgan fingerprint density at radius 2 is 2.05 bits per heavy atom. The van der Waals surface area contributed by atoms with E-state index >= 15 is 0 Å². The fraction of sp³-hybridized carbons (Fsp3) is 0.333. The lowest BCUT2D eigenvalue weighted by molar-refractivity contribution is 0.619. The van der Waals surface area contributed by atoms with Gasteiger partial charge in [0.15, 0.2) is 0 Å². The highest BCUT2D eigenvalue weighted by Gasteiger charge is 2.12. The highest BCUT2D eigenvalue weighted by Crippen LogP contribution is 2.14. The molecule has 2 aromatic rings. The van der Waals surface area contributed by atoms with Gasteiger partial charge in [-0.05, 0) is 12.5 Å². The summed E-state index contributed by atoms with van der Waals surface area (Å²) in [6.07, 6.45) is 1.81. The van der Waals surface area contributed by atoms with Crippen molar-refractivity contribution in [3.63, 3.8) is 0 Å². The largest absolute Gasteiger partial charge is 0.346 e. The number of aryl methyl sites for hydroxylation is 1. The topological polar surface area (TPSA) is 40.7 Å². The molecule has 0 unspecified atom stereocenters. The van der Waals surface area contributed by atoms with Gasteiger partial charge in [-0.2, -0.15) is 0 Å². The molecule has 3 nitrogen and oxygen atoms in total. The van der Waals surface area contributed by atoms with Gasteiger partial charge in [-0.1, -0.05) is 42.0 Å². The molecule has 98 valence electrons. The van der Waals surface area contributed by atoms with Crippen molar-refractivity contribution in [1.29, 1.82) is 0 Å². The standard InChI is InChI=1S/C15H17N3S/c1-10-2-4-11(5-3-10)8-14-17-13-6-7-16-9-12(13)15(19)18-14/h2-5,16H,6-9H2,1H3,(H,17,18,19). The minimum absolute atomic E-state index is 0.739. The van der Waals surface area contributed by atoms with Crippen molar-refractivity contribution in [2.45, 2.75) is 26.3 Å². The SMILES string of the molecule is Cc1ccc(Cc2nc(=S)c3c([nH]2)CCNC3)cc1. The Balaban J connectivity index is 1.91. The maximum Gasteiger partial charge on any atom is 0.134 e. The molecule has 3 rings (SSSR count). The summed E-state index contributed by atoms with van der Waals surface area (Å²) in [6, 6.07) is 8.56. The molecule has 2 N–H and O–H groups in total. The van der Waals surface area contributed by atoms with Gasteiger partial charge in [0.2, 0.25) is 0 Å². The summed E-state index contributed by atoms with van der Waals surface area (Å²) in [5.74, 6) is 0.967. The van der Waals surface area contributed by atoms with E-state index in [4.69, 9.17) is 12.2 Å². The van der Waals surface area contributed by atoms with Crippen LogP contribution < -0.4 is 5.32 Å². The molecular formula is C15H17N3S. The van der Waals surface area contributed by atoms with E-state index < -0.39 is 0 Å². The second-order valence-electron chi connectivity index (χ2n) is 5.03. The number of H-pyrrole nitrogens is 1. The molecule has 0 atom stereocenters. The smallest absolute Gasteiger partial charge is 0.134 e. The van der Waals surface area contributed by atoms with Crippen LogP contribution in [0.1, 0.15) is 28.2 Å². The van der Waals surface area contributed by atoms with Gasteiger partial charge in [0.1, 0.15) is 10.5 Å². The van der Waals surface area contributed by atoms with Gasteiger partial charge in [0, 0.05) is 37.2 Å². The molecule has 0 fully saturated rings. The van der Waals surface area contributed by atoms with E-state index in [0.717, 1.165) is 42.0 Å². The number of nitrogens with one attached hydrogen (secondary N) is 2. The first kappa shape index (κ1) is 12.5. The minimum Gasteiger partial charge on any atom is -0.346 e. The van der Waals surface area contributed by atoms with E-state index in [1.54, 1.807) is 0 Å². The molecule has 0 aliphatic carbocycles. The third kappa shape index (κ3) is 2.74. The second-order valence-corrected chi connectivity index (χ2v) is 5.42. The molecule has 2 heterocycles. The lowest BCUT2D eigenvalue weighted by Gasteiger charge is -2.17. The summed E-state index contributed by atoms with van der Waals surface area (Å²) < 4.78 is 0.739. The summed E-state index contributed by atoms with van der Waals surface area (Å²) in [5.41, 5.74) is 4.95. The molecule has 1 aliphatic rings. The molecule has 1 aliphatic heterocycles. The van der Waals surface area contributed by atoms with Crippen LogP contribution in [0.4, 0.5) is 0 Å². The summed E-state index contributed by atoms with van der Waals surface area (Å²) >= 11 is 5.39. The normalized spacial score (nSPS) is 14.2. The van der Waals surface area contributed by atoms with Gasteiger partial charge in [0.05, 0.1) is 0 Å². The van der Waals surface area contributed by atoms with Gasteiger partial charge in [-0.25, -0.2) is 4.98 Å². The van der Waals surface area contributed by atoms with E-state index in [0.29, 0.717) is 0 Å². The number of aromatic nitrogens is 2. The Bertz CT molecular complexity index is 643. The van der Waals surface area contributed by atoms with Gasteiger partial charge in [-0.3, -0.25) is 0 Å². The second kappa shape index (κ2) is 5.23. The molecule has 1 aromatic heterocycles. The first-order chi connectivity index (χ1) is 9.22. The van der Waals surface area contributed by atoms with E-state index in [9.17, 15) is 0 Å². The van der Waals surface area contributed by atoms with Gasteiger partial charge in [0.25, 0.3) is 0 Å². The average Bonchev–Trinajstić information content (AvgIpc) is 2.42. The molecule has 4 heteroatoms. The van der Waals surface area contributed by atoms with Crippen LogP contribution in [0, 0.1) is 11.6 Å². The van der Waals surface area contributed by atoms with E-state index in [1.165, 1.54) is 16.8 Å². The summed E-state index contributed by atoms with van der Waals surface area (Å²) in [7, 11) is 0. The van der Waals surface area contributed by atoms with E-state index in [1.807, 2.05) is 0 Å². The maximum atomic E-state index is 5.39. The van der Waals surface area contributed by atoms with Crippen molar-refractivity contribution in [3.05, 3.63) is 57.1 Å². The molecule has 19 heavy (non-hydrogen) atoms. The Kier molecular flexibility index (Phi) is 3.44. The molecule has 0 spiro atoms. The monoisotopic (exact) mass is 271 g/mol. The Labute approximate surface area is 118 Å². The fourth-order valence-electron chi connectivity index (χ4n) is 2.40. The third-order valence-electron chi connectivity index (χ3n) is 3.50. The van der Waals surface area contributed by atoms with Crippen molar-refractivity contribution in [3.8, 4) is 0 Å². The van der Waals surface area contributed by atoms with Crippen LogP contribution in [0.15, 0.2) is 24.3 Å². The van der Waals surface area contributed by atoms with E-state index in [2.05, 4.69) is 46.5 Å². The van der Waals surface area contributed by atoms with Crippen LogP contribution in [0.2, 0.25) is 0 Å². The van der Waals surface area contributed by atoms with E-state index in [-0.39, 0.29) is 0 Å². The maximum absolute atomic E-state index is 5.39. The molecule has 0 saturated heterocycles. The number of benzene rings is 1. The summed E-state index contributed by atoms with van der Waals surface area (Å²) in [4.78, 5) is 7.97. The predicted molar refractivity (Wildman–Crippen MR) is 78.8 cm³/mol. The number of hydrogen-bond donors (Lipinski definition) is 2. The van der Waals surface area contributed by atoms with Crippen molar-refractivity contribution < 1.29 is 0 Å². The summed E-state index contributed by atoms with van der Waals surface area (Å²) in [6.45, 7) is 3.94. The lowest BCUT2D eigenvalue weighted by atomic mass is 10.1. The van der Waals surface area contributed by atoms with Crippen LogP contribution in [-0.4, -0.2) is 16.5 Å². The Hall–Kier alpha value is -1.52. The van der Waals surface area contributed by atoms with Crippen molar-refractivity contribution in [1.82, 2.24) is 15.3 Å². The number of aromatic amines is 1. The quantitative estimate of drug-likeness (QED) is 0.825. The highest BCUT2D eigenvalue weighted by molar-refractivity contribution is 7.71. The third-order valence-corrected chi connectivity index (χ3v) is 3.84. The molecule has 0 radical (unpaired) electrons. The number of rotatable bonds is 2. The zero-order valence-corrected chi connectivity index (χ0v) is 11.8. The number of hydrogen-bond acceptors (Lipinski definition) is 3. The Morgan fingerprint density at radius 3 is 2.84 bits per heavy atom. The van der Waals surface area contributed by atoms with Crippen LogP contribution in [0.3, 0.4) is 0 Å². The number of fused-ring (bicyclic) bond motifs is 1. The number of nitrogens with zero attached hydrogens (tertiary/aromatic N) is 1.